The molecule has 0 amide bonds. The highest BCUT2D eigenvalue weighted by Crippen LogP contribution is 2.29. The summed E-state index contributed by atoms with van der Waals surface area (Å²) in [5.41, 5.74) is 7.04. The van der Waals surface area contributed by atoms with Gasteiger partial charge in [0.05, 0.1) is 6.04 Å². The van der Waals surface area contributed by atoms with Gasteiger partial charge in [0.1, 0.15) is 0 Å². The lowest BCUT2D eigenvalue weighted by molar-refractivity contribution is -0.275. The smallest absolute Gasteiger partial charge is 0.403 e. The van der Waals surface area contributed by atoms with E-state index >= 15 is 0 Å². The van der Waals surface area contributed by atoms with Crippen molar-refractivity contribution in [2.24, 2.45) is 5.73 Å². The van der Waals surface area contributed by atoms with Gasteiger partial charge in [-0.15, -0.1) is 13.2 Å². The molecule has 2 aromatic rings. The van der Waals surface area contributed by atoms with E-state index in [1.807, 2.05) is 5.38 Å². The molecule has 0 aliphatic heterocycles. The number of nitrogens with two attached hydrogens (primary N) is 1. The van der Waals surface area contributed by atoms with Crippen molar-refractivity contribution in [3.05, 3.63) is 52.0 Å². The normalized spacial score (nSPS) is 13.3. The monoisotopic (exact) mass is 291 g/mol. The summed E-state index contributed by atoms with van der Waals surface area (Å²) in [6.07, 6.45) is -4.92. The van der Waals surface area contributed by atoms with E-state index in [2.05, 4.69) is 4.74 Å². The molecule has 0 bridgehead atoms. The maximum Gasteiger partial charge on any atom is 0.573 e. The molecule has 0 aliphatic rings. The fourth-order valence-corrected chi connectivity index (χ4v) is 2.26. The van der Waals surface area contributed by atoms with Gasteiger partial charge >= 0.3 is 6.36 Å². The van der Waals surface area contributed by atoms with Gasteiger partial charge in [0.2, 0.25) is 0 Å². The molecule has 102 valence electrons. The van der Waals surface area contributed by atoms with E-state index in [-0.39, 0.29) is 0 Å². The lowest BCUT2D eigenvalue weighted by Crippen LogP contribution is -2.18. The van der Waals surface area contributed by atoms with Crippen molar-refractivity contribution >= 4 is 11.3 Å². The van der Waals surface area contributed by atoms with Gasteiger partial charge in [-0.3, -0.25) is 0 Å². The number of hydrogen-bond acceptors (Lipinski definition) is 3. The molecule has 2 nitrogen and oxygen atoms in total. The molecule has 1 aromatic heterocycles. The van der Waals surface area contributed by atoms with E-state index in [0.29, 0.717) is 5.56 Å². The van der Waals surface area contributed by atoms with Gasteiger partial charge < -0.3 is 10.5 Å². The molecule has 0 aliphatic carbocycles. The Bertz CT molecular complexity index is 553. The molecule has 7 heteroatoms. The number of benzene rings is 1. The molecule has 0 unspecified atom stereocenters. The Morgan fingerprint density at radius 1 is 1.16 bits per heavy atom. The summed E-state index contributed by atoms with van der Waals surface area (Å²) in [6, 6.07) is 4.37. The molecule has 2 N–H and O–H groups in total. The molecule has 0 spiro atoms. The zero-order chi connectivity index (χ0) is 14.0. The van der Waals surface area contributed by atoms with Crippen molar-refractivity contribution in [3.8, 4) is 5.75 Å². The quantitative estimate of drug-likeness (QED) is 0.872. The minimum absolute atomic E-state index is 0.380. The van der Waals surface area contributed by atoms with Crippen LogP contribution in [0.25, 0.3) is 0 Å². The second kappa shape index (κ2) is 5.18. The summed E-state index contributed by atoms with van der Waals surface area (Å²) in [4.78, 5) is 0. The molecule has 1 atom stereocenters. The van der Waals surface area contributed by atoms with E-state index in [4.69, 9.17) is 5.73 Å². The van der Waals surface area contributed by atoms with Crippen molar-refractivity contribution in [1.29, 1.82) is 0 Å². The minimum Gasteiger partial charge on any atom is -0.403 e. The molecule has 0 saturated heterocycles. The third kappa shape index (κ3) is 3.45. The first-order chi connectivity index (χ1) is 8.87. The van der Waals surface area contributed by atoms with Crippen LogP contribution in [0.5, 0.6) is 5.75 Å². The Balaban J connectivity index is 2.24. The van der Waals surface area contributed by atoms with Gasteiger partial charge in [-0.2, -0.15) is 11.3 Å². The molecule has 0 saturated carbocycles. The van der Waals surface area contributed by atoms with Crippen molar-refractivity contribution < 1.29 is 22.3 Å². The summed E-state index contributed by atoms with van der Waals surface area (Å²) >= 11 is 1.43. The molecule has 19 heavy (non-hydrogen) atoms. The van der Waals surface area contributed by atoms with Crippen molar-refractivity contribution in [2.75, 3.05) is 0 Å². The van der Waals surface area contributed by atoms with Gasteiger partial charge in [-0.1, -0.05) is 6.07 Å². The zero-order valence-electron chi connectivity index (χ0n) is 9.45. The maximum atomic E-state index is 13.5. The predicted molar refractivity (Wildman–Crippen MR) is 63.4 cm³/mol. The van der Waals surface area contributed by atoms with Crippen LogP contribution in [0, 0.1) is 5.82 Å². The third-order valence-corrected chi connectivity index (χ3v) is 3.14. The first kappa shape index (κ1) is 13.8. The first-order valence-electron chi connectivity index (χ1n) is 5.19. The molecule has 0 radical (unpaired) electrons. The van der Waals surface area contributed by atoms with Crippen LogP contribution in [0.15, 0.2) is 35.0 Å². The highest BCUT2D eigenvalue weighted by molar-refractivity contribution is 7.08. The molecule has 2 rings (SSSR count). The number of hydrogen-bond donors (Lipinski definition) is 1. The van der Waals surface area contributed by atoms with Crippen molar-refractivity contribution in [1.82, 2.24) is 0 Å². The van der Waals surface area contributed by atoms with Crippen LogP contribution in [0.4, 0.5) is 17.6 Å². The fourth-order valence-electron chi connectivity index (χ4n) is 1.56. The van der Waals surface area contributed by atoms with Crippen LogP contribution in [-0.2, 0) is 0 Å². The second-order valence-electron chi connectivity index (χ2n) is 3.77. The SMILES string of the molecule is N[C@H](c1ccsc1)c1ccc(OC(F)(F)F)c(F)c1. The van der Waals surface area contributed by atoms with E-state index < -0.39 is 24.0 Å². The zero-order valence-corrected chi connectivity index (χ0v) is 10.3. The standard InChI is InChI=1S/C12H9F4NOS/c13-9-5-7(11(17)8-3-4-19-6-8)1-2-10(9)18-12(14,15)16/h1-6,11H,17H2/t11-/m0/s1. The largest absolute Gasteiger partial charge is 0.573 e. The summed E-state index contributed by atoms with van der Waals surface area (Å²) in [7, 11) is 0. The molecule has 0 fully saturated rings. The number of thiophene rings is 1. The average Bonchev–Trinajstić information content (AvgIpc) is 2.82. The summed E-state index contributed by atoms with van der Waals surface area (Å²) in [5, 5.41) is 3.61. The van der Waals surface area contributed by atoms with Gasteiger partial charge in [0, 0.05) is 0 Å². The Kier molecular flexibility index (Phi) is 3.77. The van der Waals surface area contributed by atoms with Gasteiger partial charge in [-0.05, 0) is 40.1 Å². The van der Waals surface area contributed by atoms with E-state index in [0.717, 1.165) is 17.7 Å². The van der Waals surface area contributed by atoms with Crippen LogP contribution < -0.4 is 10.5 Å². The highest BCUT2D eigenvalue weighted by Gasteiger charge is 2.32. The summed E-state index contributed by atoms with van der Waals surface area (Å²) in [5.74, 6) is -1.96. The fraction of sp³-hybridized carbons (Fsp3) is 0.167. The first-order valence-corrected chi connectivity index (χ1v) is 6.14. The minimum atomic E-state index is -4.92. The Morgan fingerprint density at radius 2 is 1.89 bits per heavy atom. The van der Waals surface area contributed by atoms with E-state index in [9.17, 15) is 17.6 Å². The lowest BCUT2D eigenvalue weighted by Gasteiger charge is -2.13. The van der Waals surface area contributed by atoms with Crippen molar-refractivity contribution in [3.63, 3.8) is 0 Å². The predicted octanol–water partition coefficient (Wildman–Crippen LogP) is 3.83. The number of halogens is 4. The van der Waals surface area contributed by atoms with Gasteiger partial charge in [0.25, 0.3) is 0 Å². The molecular weight excluding hydrogens is 282 g/mol. The molecular formula is C12H9F4NOS. The van der Waals surface area contributed by atoms with E-state index in [1.54, 1.807) is 11.4 Å². The Morgan fingerprint density at radius 3 is 2.42 bits per heavy atom. The van der Waals surface area contributed by atoms with Crippen molar-refractivity contribution in [2.45, 2.75) is 12.4 Å². The van der Waals surface area contributed by atoms with Gasteiger partial charge in [-0.25, -0.2) is 4.39 Å². The summed E-state index contributed by atoms with van der Waals surface area (Å²) in [6.45, 7) is 0. The van der Waals surface area contributed by atoms with Crippen LogP contribution in [0.3, 0.4) is 0 Å². The van der Waals surface area contributed by atoms with Crippen LogP contribution in [0.2, 0.25) is 0 Å². The average molecular weight is 291 g/mol. The topological polar surface area (TPSA) is 35.2 Å². The highest BCUT2D eigenvalue weighted by atomic mass is 32.1. The number of ether oxygens (including phenoxy) is 1. The van der Waals surface area contributed by atoms with Crippen LogP contribution >= 0.6 is 11.3 Å². The van der Waals surface area contributed by atoms with Crippen LogP contribution in [0.1, 0.15) is 17.2 Å². The molecule has 1 heterocycles. The van der Waals surface area contributed by atoms with E-state index in [1.165, 1.54) is 17.4 Å². The third-order valence-electron chi connectivity index (χ3n) is 2.44. The summed E-state index contributed by atoms with van der Waals surface area (Å²) < 4.78 is 53.0. The maximum absolute atomic E-state index is 13.5. The Hall–Kier alpha value is -1.60. The molecule has 1 aromatic carbocycles. The van der Waals surface area contributed by atoms with Crippen LogP contribution in [-0.4, -0.2) is 6.36 Å². The number of alkyl halides is 3. The van der Waals surface area contributed by atoms with Gasteiger partial charge in [0.15, 0.2) is 11.6 Å². The second-order valence-corrected chi connectivity index (χ2v) is 4.55. The Labute approximate surface area is 110 Å². The number of rotatable bonds is 3. The lowest BCUT2D eigenvalue weighted by atomic mass is 10.0.